The molecule has 0 saturated carbocycles. The molecule has 41 heavy (non-hydrogen) atoms. The quantitative estimate of drug-likeness (QED) is 0.169. The van der Waals surface area contributed by atoms with Crippen molar-refractivity contribution in [3.63, 3.8) is 0 Å². The molecule has 212 valence electrons. The third-order valence-electron chi connectivity index (χ3n) is 6.16. The van der Waals surface area contributed by atoms with Crippen molar-refractivity contribution < 1.29 is 37.7 Å². The highest BCUT2D eigenvalue weighted by molar-refractivity contribution is 5.79. The van der Waals surface area contributed by atoms with Gasteiger partial charge in [-0.1, -0.05) is 12.1 Å². The average Bonchev–Trinajstić information content (AvgIpc) is 3.37. The minimum atomic E-state index is -0.730. The van der Waals surface area contributed by atoms with Gasteiger partial charge in [0.05, 0.1) is 26.5 Å². The highest BCUT2D eigenvalue weighted by Crippen LogP contribution is 2.24. The summed E-state index contributed by atoms with van der Waals surface area (Å²) in [5, 5.41) is 0. The van der Waals surface area contributed by atoms with Gasteiger partial charge in [-0.15, -0.1) is 0 Å². The maximum absolute atomic E-state index is 12.8. The SMILES string of the molecule is COC(=O)CN(Cc1ccc(OCCc2nc(-c3ccc(OC)cc3)oc2C)cc1)C(=O)Oc1ccc(C=O)cc1. The number of aryl methyl sites for hydroxylation is 1. The lowest BCUT2D eigenvalue weighted by Gasteiger charge is -2.21. The summed E-state index contributed by atoms with van der Waals surface area (Å²) in [6, 6.07) is 20.7. The fourth-order valence-electron chi connectivity index (χ4n) is 3.88. The van der Waals surface area contributed by atoms with E-state index in [9.17, 15) is 14.4 Å². The Bertz CT molecular complexity index is 1460. The molecule has 1 amide bonds. The van der Waals surface area contributed by atoms with Crippen LogP contribution in [-0.4, -0.2) is 55.6 Å². The normalized spacial score (nSPS) is 10.5. The number of aldehydes is 1. The zero-order chi connectivity index (χ0) is 29.2. The first-order valence-corrected chi connectivity index (χ1v) is 12.8. The number of carbonyl (C=O) groups is 3. The van der Waals surface area contributed by atoms with Gasteiger partial charge in [0, 0.05) is 24.1 Å². The van der Waals surface area contributed by atoms with Crippen molar-refractivity contribution in [2.45, 2.75) is 19.9 Å². The van der Waals surface area contributed by atoms with Gasteiger partial charge in [-0.25, -0.2) is 9.78 Å². The Morgan fingerprint density at radius 1 is 0.902 bits per heavy atom. The highest BCUT2D eigenvalue weighted by atomic mass is 16.6. The minimum absolute atomic E-state index is 0.104. The van der Waals surface area contributed by atoms with Crippen molar-refractivity contribution in [3.8, 4) is 28.7 Å². The van der Waals surface area contributed by atoms with Crippen molar-refractivity contribution in [1.29, 1.82) is 0 Å². The van der Waals surface area contributed by atoms with E-state index in [-0.39, 0.29) is 18.8 Å². The second kappa shape index (κ2) is 13.8. The zero-order valence-corrected chi connectivity index (χ0v) is 23.0. The Morgan fingerprint density at radius 2 is 1.56 bits per heavy atom. The number of oxazole rings is 1. The summed E-state index contributed by atoms with van der Waals surface area (Å²) < 4.78 is 27.0. The molecule has 0 radical (unpaired) electrons. The van der Waals surface area contributed by atoms with Crippen LogP contribution < -0.4 is 14.2 Å². The molecule has 0 aliphatic carbocycles. The molecule has 3 aromatic carbocycles. The second-order valence-electron chi connectivity index (χ2n) is 8.98. The van der Waals surface area contributed by atoms with E-state index >= 15 is 0 Å². The van der Waals surface area contributed by atoms with Crippen molar-refractivity contribution >= 4 is 18.3 Å². The van der Waals surface area contributed by atoms with Crippen LogP contribution in [0.4, 0.5) is 4.79 Å². The van der Waals surface area contributed by atoms with Gasteiger partial charge in [0.25, 0.3) is 0 Å². The number of hydrogen-bond donors (Lipinski definition) is 0. The van der Waals surface area contributed by atoms with Crippen molar-refractivity contribution in [1.82, 2.24) is 9.88 Å². The summed E-state index contributed by atoms with van der Waals surface area (Å²) in [6.07, 6.45) is 0.518. The Labute approximate surface area is 237 Å². The number of ether oxygens (including phenoxy) is 4. The van der Waals surface area contributed by atoms with E-state index in [4.69, 9.17) is 23.4 Å². The molecule has 0 fully saturated rings. The molecule has 0 unspecified atom stereocenters. The zero-order valence-electron chi connectivity index (χ0n) is 23.0. The summed E-state index contributed by atoms with van der Waals surface area (Å²) in [5.74, 6) is 2.33. The predicted molar refractivity (Wildman–Crippen MR) is 149 cm³/mol. The molecule has 10 nitrogen and oxygen atoms in total. The summed E-state index contributed by atoms with van der Waals surface area (Å²) in [6.45, 7) is 2.07. The molecule has 0 bridgehead atoms. The Balaban J connectivity index is 1.33. The predicted octanol–water partition coefficient (Wildman–Crippen LogP) is 5.27. The van der Waals surface area contributed by atoms with E-state index < -0.39 is 12.1 Å². The summed E-state index contributed by atoms with van der Waals surface area (Å²) in [7, 11) is 2.86. The van der Waals surface area contributed by atoms with Crippen LogP contribution in [0.2, 0.25) is 0 Å². The van der Waals surface area contributed by atoms with Crippen molar-refractivity contribution in [3.05, 3.63) is 95.4 Å². The molecule has 0 N–H and O–H groups in total. The fourth-order valence-corrected chi connectivity index (χ4v) is 3.88. The van der Waals surface area contributed by atoms with Gasteiger partial charge in [0.15, 0.2) is 0 Å². The number of nitrogens with zero attached hydrogens (tertiary/aromatic N) is 2. The van der Waals surface area contributed by atoms with E-state index in [0.29, 0.717) is 36.5 Å². The first-order chi connectivity index (χ1) is 19.9. The van der Waals surface area contributed by atoms with Crippen LogP contribution in [0.3, 0.4) is 0 Å². The largest absolute Gasteiger partial charge is 0.497 e. The van der Waals surface area contributed by atoms with E-state index in [0.717, 1.165) is 28.3 Å². The maximum Gasteiger partial charge on any atom is 0.416 e. The van der Waals surface area contributed by atoms with Gasteiger partial charge in [-0.05, 0) is 73.2 Å². The van der Waals surface area contributed by atoms with Crippen LogP contribution >= 0.6 is 0 Å². The highest BCUT2D eigenvalue weighted by Gasteiger charge is 2.20. The van der Waals surface area contributed by atoms with Gasteiger partial charge in [-0.3, -0.25) is 14.5 Å². The molecule has 0 atom stereocenters. The monoisotopic (exact) mass is 558 g/mol. The average molecular weight is 559 g/mol. The Morgan fingerprint density at radius 3 is 2.20 bits per heavy atom. The number of aromatic nitrogens is 1. The summed E-state index contributed by atoms with van der Waals surface area (Å²) in [5.41, 5.74) is 2.88. The number of esters is 1. The molecule has 4 rings (SSSR count). The van der Waals surface area contributed by atoms with E-state index in [1.54, 1.807) is 31.4 Å². The van der Waals surface area contributed by atoms with Crippen LogP contribution in [0.5, 0.6) is 17.2 Å². The third kappa shape index (κ3) is 7.95. The van der Waals surface area contributed by atoms with E-state index in [2.05, 4.69) is 4.98 Å². The molecular formula is C31H30N2O8. The molecular weight excluding hydrogens is 528 g/mol. The molecule has 1 heterocycles. The first-order valence-electron chi connectivity index (χ1n) is 12.8. The molecule has 0 spiro atoms. The molecule has 10 heteroatoms. The summed E-state index contributed by atoms with van der Waals surface area (Å²) >= 11 is 0. The Kier molecular flexibility index (Phi) is 9.71. The van der Waals surface area contributed by atoms with E-state index in [1.807, 2.05) is 31.2 Å². The smallest absolute Gasteiger partial charge is 0.416 e. The number of benzene rings is 3. The van der Waals surface area contributed by atoms with Crippen LogP contribution in [-0.2, 0) is 22.5 Å². The minimum Gasteiger partial charge on any atom is -0.497 e. The van der Waals surface area contributed by atoms with Crippen LogP contribution in [0.15, 0.2) is 77.2 Å². The summed E-state index contributed by atoms with van der Waals surface area (Å²) in [4.78, 5) is 41.4. The van der Waals surface area contributed by atoms with Gasteiger partial charge >= 0.3 is 12.1 Å². The number of amides is 1. The Hall–Kier alpha value is -5.12. The third-order valence-corrected chi connectivity index (χ3v) is 6.16. The van der Waals surface area contributed by atoms with Gasteiger partial charge < -0.3 is 23.4 Å². The number of hydrogen-bond acceptors (Lipinski definition) is 9. The van der Waals surface area contributed by atoms with Gasteiger partial charge in [0.1, 0.15) is 35.8 Å². The number of carbonyl (C=O) groups excluding carboxylic acids is 3. The molecule has 0 saturated heterocycles. The number of rotatable bonds is 12. The maximum atomic E-state index is 12.8. The van der Waals surface area contributed by atoms with Crippen molar-refractivity contribution in [2.24, 2.45) is 0 Å². The standard InChI is InChI=1S/C31H30N2O8/c1-21-28(32-30(40-21)24-8-14-25(37-2)15-9-24)16-17-39-26-10-4-22(5-11-26)18-33(19-29(35)38-3)31(36)41-27-12-6-23(20-34)7-13-27/h4-15,20H,16-19H2,1-3H3. The first kappa shape index (κ1) is 28.9. The second-order valence-corrected chi connectivity index (χ2v) is 8.98. The fraction of sp³-hybridized carbons (Fsp3) is 0.226. The lowest BCUT2D eigenvalue weighted by atomic mass is 10.2. The van der Waals surface area contributed by atoms with Crippen LogP contribution in [0.1, 0.15) is 27.4 Å². The lowest BCUT2D eigenvalue weighted by Crippen LogP contribution is -2.37. The van der Waals surface area contributed by atoms with E-state index in [1.165, 1.54) is 36.3 Å². The molecule has 4 aromatic rings. The van der Waals surface area contributed by atoms with Gasteiger partial charge in [0.2, 0.25) is 5.89 Å². The lowest BCUT2D eigenvalue weighted by molar-refractivity contribution is -0.141. The van der Waals surface area contributed by atoms with Crippen LogP contribution in [0.25, 0.3) is 11.5 Å². The molecule has 1 aromatic heterocycles. The van der Waals surface area contributed by atoms with Crippen molar-refractivity contribution in [2.75, 3.05) is 27.4 Å². The number of methoxy groups -OCH3 is 2. The molecule has 0 aliphatic rings. The van der Waals surface area contributed by atoms with Crippen LogP contribution in [0, 0.1) is 6.92 Å². The topological polar surface area (TPSA) is 117 Å². The van der Waals surface area contributed by atoms with Gasteiger partial charge in [-0.2, -0.15) is 0 Å². The molecule has 0 aliphatic heterocycles.